The Kier molecular flexibility index (Phi) is 4.96. The van der Waals surface area contributed by atoms with Gasteiger partial charge in [0.15, 0.2) is 0 Å². The zero-order valence-electron chi connectivity index (χ0n) is 12.6. The molecule has 1 heterocycles. The second-order valence-electron chi connectivity index (χ2n) is 5.32. The number of nitrogens with zero attached hydrogens (tertiary/aromatic N) is 2. The maximum atomic E-state index is 12.2. The molecule has 1 aromatic carbocycles. The average molecular weight is 290 g/mol. The third kappa shape index (κ3) is 3.61. The molecule has 0 saturated carbocycles. The van der Waals surface area contributed by atoms with Crippen molar-refractivity contribution in [2.75, 3.05) is 26.2 Å². The van der Waals surface area contributed by atoms with Crippen LogP contribution in [0.3, 0.4) is 0 Å². The van der Waals surface area contributed by atoms with Gasteiger partial charge < -0.3 is 10.0 Å². The topological polar surface area (TPSA) is 60.9 Å². The van der Waals surface area contributed by atoms with Gasteiger partial charge in [-0.15, -0.1) is 0 Å². The number of fused-ring (bicyclic) bond motifs is 1. The van der Waals surface area contributed by atoms with E-state index >= 15 is 0 Å². The van der Waals surface area contributed by atoms with Gasteiger partial charge in [-0.3, -0.25) is 9.69 Å². The van der Waals surface area contributed by atoms with E-state index < -0.39 is 5.97 Å². The monoisotopic (exact) mass is 290 g/mol. The van der Waals surface area contributed by atoms with Crippen LogP contribution < -0.4 is 0 Å². The maximum Gasteiger partial charge on any atom is 0.335 e. The Morgan fingerprint density at radius 1 is 1.24 bits per heavy atom. The van der Waals surface area contributed by atoms with Gasteiger partial charge in [0.25, 0.3) is 0 Å². The number of benzene rings is 1. The average Bonchev–Trinajstić information content (AvgIpc) is 2.47. The van der Waals surface area contributed by atoms with Gasteiger partial charge in [0, 0.05) is 26.2 Å². The first-order chi connectivity index (χ1) is 10.0. The molecule has 2 rings (SSSR count). The summed E-state index contributed by atoms with van der Waals surface area (Å²) in [5.41, 5.74) is 2.52. The summed E-state index contributed by atoms with van der Waals surface area (Å²) in [6, 6.07) is 5.27. The molecule has 0 radical (unpaired) electrons. The van der Waals surface area contributed by atoms with E-state index in [2.05, 4.69) is 4.90 Å². The molecule has 114 valence electrons. The van der Waals surface area contributed by atoms with E-state index in [1.807, 2.05) is 24.8 Å². The molecular formula is C16H22N2O3. The van der Waals surface area contributed by atoms with E-state index in [0.29, 0.717) is 18.7 Å². The lowest BCUT2D eigenvalue weighted by Gasteiger charge is -2.30. The van der Waals surface area contributed by atoms with Gasteiger partial charge >= 0.3 is 5.97 Å². The van der Waals surface area contributed by atoms with Gasteiger partial charge in [-0.1, -0.05) is 6.07 Å². The fourth-order valence-electron chi connectivity index (χ4n) is 2.75. The van der Waals surface area contributed by atoms with Crippen molar-refractivity contribution in [3.63, 3.8) is 0 Å². The second-order valence-corrected chi connectivity index (χ2v) is 5.32. The molecule has 1 aliphatic heterocycles. The summed E-state index contributed by atoms with van der Waals surface area (Å²) in [5.74, 6) is -0.771. The van der Waals surface area contributed by atoms with E-state index in [4.69, 9.17) is 5.11 Å². The smallest absolute Gasteiger partial charge is 0.335 e. The third-order valence-corrected chi connectivity index (χ3v) is 4.02. The van der Waals surface area contributed by atoms with Gasteiger partial charge in [0.2, 0.25) is 5.91 Å². The van der Waals surface area contributed by atoms with E-state index in [-0.39, 0.29) is 5.91 Å². The number of rotatable bonds is 5. The van der Waals surface area contributed by atoms with Gasteiger partial charge in [-0.25, -0.2) is 4.79 Å². The van der Waals surface area contributed by atoms with Gasteiger partial charge in [-0.2, -0.15) is 0 Å². The molecule has 5 nitrogen and oxygen atoms in total. The van der Waals surface area contributed by atoms with Crippen LogP contribution in [0.25, 0.3) is 0 Å². The molecule has 1 aromatic rings. The van der Waals surface area contributed by atoms with Crippen molar-refractivity contribution >= 4 is 11.9 Å². The predicted octanol–water partition coefficient (Wildman–Crippen LogP) is 1.61. The predicted molar refractivity (Wildman–Crippen MR) is 80.3 cm³/mol. The number of carbonyl (C=O) groups excluding carboxylic acids is 1. The lowest BCUT2D eigenvalue weighted by Crippen LogP contribution is -2.42. The number of likely N-dealkylation sites (N-methyl/N-ethyl adjacent to an activating group) is 1. The zero-order valence-corrected chi connectivity index (χ0v) is 12.6. The number of aromatic carboxylic acids is 1. The maximum absolute atomic E-state index is 12.2. The van der Waals surface area contributed by atoms with Crippen molar-refractivity contribution in [3.05, 3.63) is 34.9 Å². The van der Waals surface area contributed by atoms with Crippen molar-refractivity contribution in [1.82, 2.24) is 9.80 Å². The highest BCUT2D eigenvalue weighted by atomic mass is 16.4. The van der Waals surface area contributed by atoms with Crippen molar-refractivity contribution in [1.29, 1.82) is 0 Å². The van der Waals surface area contributed by atoms with Crippen LogP contribution in [0.15, 0.2) is 18.2 Å². The first-order valence-corrected chi connectivity index (χ1v) is 7.40. The van der Waals surface area contributed by atoms with E-state index in [1.165, 1.54) is 5.56 Å². The minimum atomic E-state index is -0.908. The van der Waals surface area contributed by atoms with Crippen LogP contribution in [0.4, 0.5) is 0 Å². The Morgan fingerprint density at radius 2 is 1.95 bits per heavy atom. The molecule has 21 heavy (non-hydrogen) atoms. The summed E-state index contributed by atoms with van der Waals surface area (Å²) >= 11 is 0. The van der Waals surface area contributed by atoms with Gasteiger partial charge in [-0.05, 0) is 43.5 Å². The van der Waals surface area contributed by atoms with Crippen LogP contribution in [0.5, 0.6) is 0 Å². The summed E-state index contributed by atoms with van der Waals surface area (Å²) in [6.07, 6.45) is 0.862. The minimum Gasteiger partial charge on any atom is -0.478 e. The molecule has 0 aromatic heterocycles. The molecular weight excluding hydrogens is 268 g/mol. The lowest BCUT2D eigenvalue weighted by atomic mass is 9.97. The van der Waals surface area contributed by atoms with Crippen molar-refractivity contribution in [2.45, 2.75) is 26.8 Å². The first-order valence-electron chi connectivity index (χ1n) is 7.40. The Bertz CT molecular complexity index is 538. The number of amides is 1. The van der Waals surface area contributed by atoms with Crippen LogP contribution in [-0.4, -0.2) is 53.0 Å². The molecule has 0 fully saturated rings. The fraction of sp³-hybridized carbons (Fsp3) is 0.500. The molecule has 0 aliphatic carbocycles. The van der Waals surface area contributed by atoms with Crippen LogP contribution in [0, 0.1) is 0 Å². The molecule has 0 saturated heterocycles. The molecule has 5 heteroatoms. The molecule has 0 spiro atoms. The minimum absolute atomic E-state index is 0.137. The van der Waals surface area contributed by atoms with Crippen LogP contribution in [0.1, 0.15) is 35.3 Å². The molecule has 1 N–H and O–H groups in total. The third-order valence-electron chi connectivity index (χ3n) is 4.02. The summed E-state index contributed by atoms with van der Waals surface area (Å²) in [7, 11) is 0. The van der Waals surface area contributed by atoms with Gasteiger partial charge in [0.1, 0.15) is 0 Å². The second kappa shape index (κ2) is 6.72. The molecule has 1 aliphatic rings. The van der Waals surface area contributed by atoms with Gasteiger partial charge in [0.05, 0.1) is 12.1 Å². The SMILES string of the molecule is CCN(CC)C(=O)CN1CCc2ccc(C(=O)O)cc2C1. The van der Waals surface area contributed by atoms with Crippen molar-refractivity contribution < 1.29 is 14.7 Å². The summed E-state index contributed by atoms with van der Waals surface area (Å²) in [6.45, 7) is 7.29. The standard InChI is InChI=1S/C16H22N2O3/c1-3-18(4-2)15(19)11-17-8-7-12-5-6-13(16(20)21)9-14(12)10-17/h5-6,9H,3-4,7-8,10-11H2,1-2H3,(H,20,21). The summed E-state index contributed by atoms with van der Waals surface area (Å²) < 4.78 is 0. The summed E-state index contributed by atoms with van der Waals surface area (Å²) in [4.78, 5) is 27.1. The number of carboxylic acid groups (broad SMARTS) is 1. The Morgan fingerprint density at radius 3 is 2.57 bits per heavy atom. The van der Waals surface area contributed by atoms with E-state index in [1.54, 1.807) is 12.1 Å². The highest BCUT2D eigenvalue weighted by Gasteiger charge is 2.21. The molecule has 0 atom stereocenters. The highest BCUT2D eigenvalue weighted by molar-refractivity contribution is 5.88. The van der Waals surface area contributed by atoms with Crippen molar-refractivity contribution in [2.24, 2.45) is 0 Å². The normalized spacial score (nSPS) is 14.6. The Hall–Kier alpha value is -1.88. The lowest BCUT2D eigenvalue weighted by molar-refractivity contribution is -0.132. The van der Waals surface area contributed by atoms with E-state index in [9.17, 15) is 9.59 Å². The molecule has 0 unspecified atom stereocenters. The van der Waals surface area contributed by atoms with Crippen molar-refractivity contribution in [3.8, 4) is 0 Å². The largest absolute Gasteiger partial charge is 0.478 e. The van der Waals surface area contributed by atoms with Crippen LogP contribution in [0.2, 0.25) is 0 Å². The van der Waals surface area contributed by atoms with E-state index in [0.717, 1.165) is 31.6 Å². The number of hydrogen-bond donors (Lipinski definition) is 1. The number of carbonyl (C=O) groups is 2. The van der Waals surface area contributed by atoms with Crippen LogP contribution in [-0.2, 0) is 17.8 Å². The Labute approximate surface area is 125 Å². The van der Waals surface area contributed by atoms with Crippen LogP contribution >= 0.6 is 0 Å². The highest BCUT2D eigenvalue weighted by Crippen LogP contribution is 2.20. The quantitative estimate of drug-likeness (QED) is 0.895. The molecule has 1 amide bonds. The Balaban J connectivity index is 2.06. The zero-order chi connectivity index (χ0) is 15.4. The number of hydrogen-bond acceptors (Lipinski definition) is 3. The number of carboxylic acids is 1. The summed E-state index contributed by atoms with van der Waals surface area (Å²) in [5, 5.41) is 9.06. The fourth-order valence-corrected chi connectivity index (χ4v) is 2.75. The first kappa shape index (κ1) is 15.5. The molecule has 0 bridgehead atoms.